The Kier molecular flexibility index (Phi) is 3.22. The Morgan fingerprint density at radius 1 is 1.32 bits per heavy atom. The van der Waals surface area contributed by atoms with E-state index in [0.29, 0.717) is 13.2 Å². The number of morpholine rings is 1. The number of hydrogen-bond donors (Lipinski definition) is 2. The van der Waals surface area contributed by atoms with Gasteiger partial charge in [-0.15, -0.1) is 0 Å². The average molecular weight is 268 g/mol. The van der Waals surface area contributed by atoms with Crippen LogP contribution in [0.3, 0.4) is 0 Å². The van der Waals surface area contributed by atoms with Gasteiger partial charge < -0.3 is 20.1 Å². The topological polar surface area (TPSA) is 78.9 Å². The number of carbonyl (C=O) groups is 2. The Labute approximate surface area is 112 Å². The van der Waals surface area contributed by atoms with Crippen molar-refractivity contribution in [2.45, 2.75) is 25.4 Å². The summed E-state index contributed by atoms with van der Waals surface area (Å²) < 4.78 is 5.15. The predicted octanol–water partition coefficient (Wildman–Crippen LogP) is -0.312. The smallest absolute Gasteiger partial charge is 0.334 e. The van der Waals surface area contributed by atoms with Crippen LogP contribution >= 0.6 is 0 Å². The van der Waals surface area contributed by atoms with E-state index < -0.39 is 12.1 Å². The van der Waals surface area contributed by atoms with Gasteiger partial charge in [-0.25, -0.2) is 4.79 Å². The van der Waals surface area contributed by atoms with Crippen LogP contribution in [0, 0.1) is 11.3 Å². The number of rotatable bonds is 2. The van der Waals surface area contributed by atoms with E-state index in [4.69, 9.17) is 9.84 Å². The molecule has 0 aromatic rings. The second-order valence-corrected chi connectivity index (χ2v) is 5.85. The minimum Gasteiger partial charge on any atom is -0.479 e. The Bertz CT molecular complexity index is 392. The Morgan fingerprint density at radius 2 is 2.05 bits per heavy atom. The van der Waals surface area contributed by atoms with Gasteiger partial charge >= 0.3 is 5.97 Å². The largest absolute Gasteiger partial charge is 0.479 e. The first-order chi connectivity index (χ1) is 9.12. The average Bonchev–Trinajstić information content (AvgIpc) is 3.12. The summed E-state index contributed by atoms with van der Waals surface area (Å²) in [6, 6.07) is 0. The van der Waals surface area contributed by atoms with Gasteiger partial charge in [-0.2, -0.15) is 0 Å². The first-order valence-corrected chi connectivity index (χ1v) is 6.96. The number of piperidine rings is 1. The lowest BCUT2D eigenvalue weighted by atomic mass is 9.91. The molecule has 0 aromatic carbocycles. The summed E-state index contributed by atoms with van der Waals surface area (Å²) in [5.74, 6) is -0.733. The van der Waals surface area contributed by atoms with Gasteiger partial charge in [0.25, 0.3) is 0 Å². The van der Waals surface area contributed by atoms with E-state index in [-0.39, 0.29) is 23.8 Å². The van der Waals surface area contributed by atoms with E-state index in [1.165, 1.54) is 0 Å². The Morgan fingerprint density at radius 3 is 2.74 bits per heavy atom. The van der Waals surface area contributed by atoms with Gasteiger partial charge in [0.05, 0.1) is 13.2 Å². The second-order valence-electron chi connectivity index (χ2n) is 5.85. The zero-order valence-corrected chi connectivity index (χ0v) is 10.9. The van der Waals surface area contributed by atoms with E-state index in [1.807, 2.05) is 0 Å². The monoisotopic (exact) mass is 268 g/mol. The van der Waals surface area contributed by atoms with E-state index in [2.05, 4.69) is 5.32 Å². The fourth-order valence-electron chi connectivity index (χ4n) is 3.39. The lowest BCUT2D eigenvalue weighted by Crippen LogP contribution is -2.49. The molecule has 19 heavy (non-hydrogen) atoms. The molecule has 0 radical (unpaired) electrons. The number of aliphatic carboxylic acids is 1. The van der Waals surface area contributed by atoms with Crippen LogP contribution < -0.4 is 5.32 Å². The highest BCUT2D eigenvalue weighted by molar-refractivity contribution is 5.84. The molecule has 106 valence electrons. The molecular formula is C13H20N2O4. The van der Waals surface area contributed by atoms with Crippen molar-refractivity contribution in [3.63, 3.8) is 0 Å². The minimum atomic E-state index is -0.982. The minimum absolute atomic E-state index is 0.113. The molecule has 2 saturated heterocycles. The Balaban J connectivity index is 1.60. The summed E-state index contributed by atoms with van der Waals surface area (Å²) in [6.45, 7) is 3.02. The number of nitrogens with one attached hydrogen (secondary N) is 1. The molecule has 2 atom stereocenters. The fourth-order valence-corrected chi connectivity index (χ4v) is 3.39. The highest BCUT2D eigenvalue weighted by Crippen LogP contribution is 2.59. The molecule has 3 fully saturated rings. The molecule has 2 aliphatic heterocycles. The quantitative estimate of drug-likeness (QED) is 0.718. The summed E-state index contributed by atoms with van der Waals surface area (Å²) in [4.78, 5) is 25.1. The fraction of sp³-hybridized carbons (Fsp3) is 0.846. The van der Waals surface area contributed by atoms with Crippen molar-refractivity contribution in [2.75, 3.05) is 32.8 Å². The maximum absolute atomic E-state index is 12.5. The highest BCUT2D eigenvalue weighted by Gasteiger charge is 2.58. The lowest BCUT2D eigenvalue weighted by Gasteiger charge is -2.32. The molecule has 2 heterocycles. The third kappa shape index (κ3) is 2.34. The van der Waals surface area contributed by atoms with Gasteiger partial charge in [0.2, 0.25) is 5.91 Å². The third-order valence-corrected chi connectivity index (χ3v) is 4.74. The van der Waals surface area contributed by atoms with Gasteiger partial charge in [-0.3, -0.25) is 4.79 Å². The maximum atomic E-state index is 12.5. The Hall–Kier alpha value is -1.14. The highest BCUT2D eigenvalue weighted by atomic mass is 16.5. The SMILES string of the molecule is O=C(O)C1CN(C(=O)C2CC23CCNCC3)CCO1. The van der Waals surface area contributed by atoms with Gasteiger partial charge in [0.1, 0.15) is 0 Å². The van der Waals surface area contributed by atoms with Crippen molar-refractivity contribution >= 4 is 11.9 Å². The lowest BCUT2D eigenvalue weighted by molar-refractivity contribution is -0.160. The van der Waals surface area contributed by atoms with Crippen molar-refractivity contribution in [1.82, 2.24) is 10.2 Å². The molecular weight excluding hydrogens is 248 g/mol. The number of nitrogens with zero attached hydrogens (tertiary/aromatic N) is 1. The molecule has 1 saturated carbocycles. The van der Waals surface area contributed by atoms with Crippen LogP contribution in [0.5, 0.6) is 0 Å². The molecule has 0 bridgehead atoms. The molecule has 6 heteroatoms. The molecule has 0 aromatic heterocycles. The van der Waals surface area contributed by atoms with Gasteiger partial charge in [-0.05, 0) is 37.8 Å². The van der Waals surface area contributed by atoms with Crippen LogP contribution in [0.4, 0.5) is 0 Å². The number of carboxylic acid groups (broad SMARTS) is 1. The standard InChI is InChI=1S/C13H20N2O4/c16-11(9-7-13(9)1-3-14-4-2-13)15-5-6-19-10(8-15)12(17)18/h9-10,14H,1-8H2,(H,17,18). The van der Waals surface area contributed by atoms with Crippen molar-refractivity contribution in [1.29, 1.82) is 0 Å². The zero-order chi connectivity index (χ0) is 13.5. The van der Waals surface area contributed by atoms with Gasteiger partial charge in [0.15, 0.2) is 6.10 Å². The summed E-state index contributed by atoms with van der Waals surface area (Å²) >= 11 is 0. The predicted molar refractivity (Wildman–Crippen MR) is 66.6 cm³/mol. The number of carbonyl (C=O) groups excluding carboxylic acids is 1. The van der Waals surface area contributed by atoms with E-state index in [1.54, 1.807) is 4.90 Å². The maximum Gasteiger partial charge on any atom is 0.334 e. The summed E-state index contributed by atoms with van der Waals surface area (Å²) in [5.41, 5.74) is 0.208. The number of carboxylic acids is 1. The van der Waals surface area contributed by atoms with Gasteiger partial charge in [0, 0.05) is 12.5 Å². The van der Waals surface area contributed by atoms with Crippen LogP contribution in [0.15, 0.2) is 0 Å². The van der Waals surface area contributed by atoms with Crippen LogP contribution in [0.2, 0.25) is 0 Å². The van der Waals surface area contributed by atoms with E-state index in [9.17, 15) is 9.59 Å². The van der Waals surface area contributed by atoms with Crippen LogP contribution in [0.25, 0.3) is 0 Å². The van der Waals surface area contributed by atoms with Crippen molar-refractivity contribution in [3.8, 4) is 0 Å². The summed E-state index contributed by atoms with van der Waals surface area (Å²) in [5, 5.41) is 12.3. The van der Waals surface area contributed by atoms with Crippen molar-refractivity contribution in [3.05, 3.63) is 0 Å². The first-order valence-electron chi connectivity index (χ1n) is 6.96. The van der Waals surface area contributed by atoms with E-state index in [0.717, 1.165) is 32.4 Å². The zero-order valence-electron chi connectivity index (χ0n) is 10.9. The number of ether oxygens (including phenoxy) is 1. The van der Waals surface area contributed by atoms with Crippen LogP contribution in [-0.4, -0.2) is 60.8 Å². The molecule has 1 amide bonds. The van der Waals surface area contributed by atoms with Gasteiger partial charge in [-0.1, -0.05) is 0 Å². The van der Waals surface area contributed by atoms with Crippen LogP contribution in [-0.2, 0) is 14.3 Å². The normalized spacial score (nSPS) is 33.2. The molecule has 6 nitrogen and oxygen atoms in total. The number of amides is 1. The first kappa shape index (κ1) is 12.9. The third-order valence-electron chi connectivity index (χ3n) is 4.74. The molecule has 2 unspecified atom stereocenters. The number of hydrogen-bond acceptors (Lipinski definition) is 4. The summed E-state index contributed by atoms with van der Waals surface area (Å²) in [7, 11) is 0. The van der Waals surface area contributed by atoms with Crippen molar-refractivity contribution < 1.29 is 19.4 Å². The molecule has 2 N–H and O–H groups in total. The van der Waals surface area contributed by atoms with Crippen molar-refractivity contribution in [2.24, 2.45) is 11.3 Å². The van der Waals surface area contributed by atoms with Crippen LogP contribution in [0.1, 0.15) is 19.3 Å². The van der Waals surface area contributed by atoms with E-state index >= 15 is 0 Å². The summed E-state index contributed by atoms with van der Waals surface area (Å²) in [6.07, 6.45) is 2.25. The molecule has 3 aliphatic rings. The second kappa shape index (κ2) is 4.76. The molecule has 3 rings (SSSR count). The molecule has 1 aliphatic carbocycles. The molecule has 1 spiro atoms.